The van der Waals surface area contributed by atoms with E-state index in [1.54, 1.807) is 13.0 Å². The van der Waals surface area contributed by atoms with Crippen molar-refractivity contribution in [1.29, 1.82) is 0 Å². The molecule has 3 aromatic rings. The molecule has 3 rings (SSSR count). The van der Waals surface area contributed by atoms with Gasteiger partial charge in [0.1, 0.15) is 10.8 Å². The van der Waals surface area contributed by atoms with Crippen LogP contribution >= 0.6 is 11.6 Å². The maximum Gasteiger partial charge on any atom is 0.433 e. The van der Waals surface area contributed by atoms with Gasteiger partial charge in [0.2, 0.25) is 0 Å². The molecule has 0 saturated heterocycles. The van der Waals surface area contributed by atoms with E-state index >= 15 is 0 Å². The van der Waals surface area contributed by atoms with Crippen LogP contribution in [0.25, 0.3) is 5.65 Å². The lowest BCUT2D eigenvalue weighted by molar-refractivity contribution is -0.141. The summed E-state index contributed by atoms with van der Waals surface area (Å²) < 4.78 is 38.9. The molecule has 0 aliphatic rings. The van der Waals surface area contributed by atoms with Crippen LogP contribution in [0.15, 0.2) is 30.5 Å². The number of rotatable bonds is 3. The Hall–Kier alpha value is -2.48. The molecule has 0 bridgehead atoms. The van der Waals surface area contributed by atoms with E-state index in [1.165, 1.54) is 10.6 Å². The lowest BCUT2D eigenvalue weighted by Crippen LogP contribution is -2.11. The van der Waals surface area contributed by atoms with Gasteiger partial charge in [-0.25, -0.2) is 9.50 Å². The van der Waals surface area contributed by atoms with Gasteiger partial charge in [-0.05, 0) is 25.1 Å². The number of hydrogen-bond acceptors (Lipinski definition) is 4. The van der Waals surface area contributed by atoms with Crippen LogP contribution in [0, 0.1) is 6.92 Å². The van der Waals surface area contributed by atoms with Crippen molar-refractivity contribution in [3.05, 3.63) is 58.3 Å². The molecule has 5 nitrogen and oxygen atoms in total. The maximum atomic E-state index is 12.5. The maximum absolute atomic E-state index is 12.5. The number of aryl methyl sites for hydroxylation is 1. The quantitative estimate of drug-likeness (QED) is 0.533. The summed E-state index contributed by atoms with van der Waals surface area (Å²) in [6, 6.07) is 5.08. The SMILES string of the molecule is Cc1cc2nc(CC(=O)c3ccc(C(F)(F)F)nc3)cc(Cl)n2n1. The minimum atomic E-state index is -4.54. The van der Waals surface area contributed by atoms with E-state index in [4.69, 9.17) is 11.6 Å². The van der Waals surface area contributed by atoms with E-state index in [0.29, 0.717) is 16.5 Å². The van der Waals surface area contributed by atoms with E-state index < -0.39 is 17.7 Å². The Morgan fingerprint density at radius 1 is 1.29 bits per heavy atom. The minimum Gasteiger partial charge on any atom is -0.294 e. The molecular formula is C15H10ClF3N4O. The highest BCUT2D eigenvalue weighted by atomic mass is 35.5. The van der Waals surface area contributed by atoms with Crippen LogP contribution in [0.4, 0.5) is 13.2 Å². The fourth-order valence-corrected chi connectivity index (χ4v) is 2.43. The zero-order chi connectivity index (χ0) is 17.5. The highest BCUT2D eigenvalue weighted by Crippen LogP contribution is 2.27. The first-order valence-electron chi connectivity index (χ1n) is 6.82. The van der Waals surface area contributed by atoms with Gasteiger partial charge in [-0.15, -0.1) is 0 Å². The summed E-state index contributed by atoms with van der Waals surface area (Å²) in [5.74, 6) is -0.402. The van der Waals surface area contributed by atoms with E-state index in [0.717, 1.165) is 24.0 Å². The highest BCUT2D eigenvalue weighted by molar-refractivity contribution is 6.29. The van der Waals surface area contributed by atoms with E-state index in [-0.39, 0.29) is 12.0 Å². The average molecular weight is 355 g/mol. The normalized spacial score (nSPS) is 11.9. The lowest BCUT2D eigenvalue weighted by atomic mass is 10.1. The number of Topliss-reactive ketones (excluding diaryl/α,β-unsaturated/α-hetero) is 1. The van der Waals surface area contributed by atoms with Crippen LogP contribution in [0.5, 0.6) is 0 Å². The van der Waals surface area contributed by atoms with Crippen molar-refractivity contribution in [3.8, 4) is 0 Å². The molecule has 0 amide bonds. The minimum absolute atomic E-state index is 0.0745. The first-order valence-corrected chi connectivity index (χ1v) is 7.20. The molecule has 0 spiro atoms. The average Bonchev–Trinajstić information content (AvgIpc) is 2.87. The lowest BCUT2D eigenvalue weighted by Gasteiger charge is -2.06. The second-order valence-corrected chi connectivity index (χ2v) is 5.54. The third-order valence-corrected chi connectivity index (χ3v) is 3.55. The molecule has 0 radical (unpaired) electrons. The summed E-state index contributed by atoms with van der Waals surface area (Å²) in [6.45, 7) is 1.78. The molecule has 0 aliphatic carbocycles. The van der Waals surface area contributed by atoms with Crippen molar-refractivity contribution >= 4 is 23.0 Å². The zero-order valence-electron chi connectivity index (χ0n) is 12.3. The monoisotopic (exact) mass is 354 g/mol. The molecule has 0 fully saturated rings. The van der Waals surface area contributed by atoms with Crippen molar-refractivity contribution in [2.45, 2.75) is 19.5 Å². The molecule has 0 N–H and O–H groups in total. The molecule has 0 aliphatic heterocycles. The molecule has 0 atom stereocenters. The Morgan fingerprint density at radius 3 is 2.67 bits per heavy atom. The van der Waals surface area contributed by atoms with Crippen molar-refractivity contribution in [1.82, 2.24) is 19.6 Å². The molecule has 24 heavy (non-hydrogen) atoms. The summed E-state index contributed by atoms with van der Waals surface area (Å²) in [4.78, 5) is 19.8. The number of carbonyl (C=O) groups excluding carboxylic acids is 1. The number of carbonyl (C=O) groups is 1. The molecule has 0 saturated carbocycles. The van der Waals surface area contributed by atoms with Gasteiger partial charge >= 0.3 is 6.18 Å². The van der Waals surface area contributed by atoms with Crippen molar-refractivity contribution in [2.24, 2.45) is 0 Å². The van der Waals surface area contributed by atoms with Gasteiger partial charge in [-0.2, -0.15) is 18.3 Å². The molecule has 124 valence electrons. The van der Waals surface area contributed by atoms with Crippen LogP contribution in [0.2, 0.25) is 5.15 Å². The number of aromatic nitrogens is 4. The molecule has 3 heterocycles. The first-order chi connectivity index (χ1) is 11.2. The largest absolute Gasteiger partial charge is 0.433 e. The van der Waals surface area contributed by atoms with Crippen LogP contribution in [0.1, 0.15) is 27.4 Å². The van der Waals surface area contributed by atoms with Gasteiger partial charge in [0, 0.05) is 17.8 Å². The Bertz CT molecular complexity index is 919. The number of ketones is 1. The summed E-state index contributed by atoms with van der Waals surface area (Å²) in [7, 11) is 0. The standard InChI is InChI=1S/C15H10ClF3N4O/c1-8-4-14-21-10(6-13(16)23(14)22-8)5-11(24)9-2-3-12(20-7-9)15(17,18)19/h2-4,6-7H,5H2,1H3. The Morgan fingerprint density at radius 2 is 2.04 bits per heavy atom. The molecular weight excluding hydrogens is 345 g/mol. The topological polar surface area (TPSA) is 60.2 Å². The number of halogens is 4. The van der Waals surface area contributed by atoms with Crippen LogP contribution in [-0.2, 0) is 12.6 Å². The van der Waals surface area contributed by atoms with Gasteiger partial charge < -0.3 is 0 Å². The number of alkyl halides is 3. The second-order valence-electron chi connectivity index (χ2n) is 5.16. The fourth-order valence-electron chi connectivity index (χ4n) is 2.18. The van der Waals surface area contributed by atoms with Gasteiger partial charge in [0.25, 0.3) is 0 Å². The number of pyridine rings is 1. The predicted molar refractivity (Wildman–Crippen MR) is 80.0 cm³/mol. The summed E-state index contributed by atoms with van der Waals surface area (Å²) in [5, 5.41) is 4.44. The Kier molecular flexibility index (Phi) is 4.00. The first kappa shape index (κ1) is 16.4. The summed E-state index contributed by atoms with van der Waals surface area (Å²) >= 11 is 6.09. The van der Waals surface area contributed by atoms with Gasteiger partial charge in [0.05, 0.1) is 17.8 Å². The van der Waals surface area contributed by atoms with E-state index in [1.807, 2.05) is 0 Å². The molecule has 9 heteroatoms. The zero-order valence-corrected chi connectivity index (χ0v) is 13.1. The number of nitrogens with zero attached hydrogens (tertiary/aromatic N) is 4. The van der Waals surface area contributed by atoms with Crippen molar-refractivity contribution < 1.29 is 18.0 Å². The Labute approximate surface area is 139 Å². The fraction of sp³-hybridized carbons (Fsp3) is 0.200. The third-order valence-electron chi connectivity index (χ3n) is 3.28. The Balaban J connectivity index is 1.84. The molecule has 0 unspecified atom stereocenters. The van der Waals surface area contributed by atoms with Gasteiger partial charge in [-0.3, -0.25) is 9.78 Å². The van der Waals surface area contributed by atoms with E-state index in [2.05, 4.69) is 15.1 Å². The van der Waals surface area contributed by atoms with Crippen molar-refractivity contribution in [2.75, 3.05) is 0 Å². The molecule has 3 aromatic heterocycles. The predicted octanol–water partition coefficient (Wildman–Crippen LogP) is 3.53. The van der Waals surface area contributed by atoms with Crippen LogP contribution < -0.4 is 0 Å². The van der Waals surface area contributed by atoms with Gasteiger partial charge in [0.15, 0.2) is 11.4 Å². The molecule has 0 aromatic carbocycles. The van der Waals surface area contributed by atoms with Gasteiger partial charge in [-0.1, -0.05) is 11.6 Å². The number of fused-ring (bicyclic) bond motifs is 1. The van der Waals surface area contributed by atoms with E-state index in [9.17, 15) is 18.0 Å². The second kappa shape index (κ2) is 5.86. The summed E-state index contributed by atoms with van der Waals surface area (Å²) in [5.41, 5.74) is 0.646. The highest BCUT2D eigenvalue weighted by Gasteiger charge is 2.32. The van der Waals surface area contributed by atoms with Crippen LogP contribution in [0.3, 0.4) is 0 Å². The number of hydrogen-bond donors (Lipinski definition) is 0. The smallest absolute Gasteiger partial charge is 0.294 e. The third kappa shape index (κ3) is 3.23. The summed E-state index contributed by atoms with van der Waals surface area (Å²) in [6.07, 6.45) is -3.73. The van der Waals surface area contributed by atoms with Crippen molar-refractivity contribution in [3.63, 3.8) is 0 Å². The van der Waals surface area contributed by atoms with Crippen LogP contribution in [-0.4, -0.2) is 25.4 Å².